The number of anilines is 2. The van der Waals surface area contributed by atoms with Crippen LogP contribution >= 0.6 is 11.3 Å². The van der Waals surface area contributed by atoms with Crippen molar-refractivity contribution in [2.45, 2.75) is 104 Å². The van der Waals surface area contributed by atoms with Crippen molar-refractivity contribution in [3.63, 3.8) is 0 Å². The molecule has 0 bridgehead atoms. The summed E-state index contributed by atoms with van der Waals surface area (Å²) in [6.07, 6.45) is 2.30. The van der Waals surface area contributed by atoms with E-state index in [0.29, 0.717) is 0 Å². The smallest absolute Gasteiger partial charge is 0.198 e. The SMILES string of the molecule is CC(C)(C)c1ccc(Nc2ccc(C(C)(C)C)cc2-c2c3c4c(c5cc6c(cc5n4-c4cc5c(-c7ccccc7)c(-c7ccccc7)sc5cc4B3)C(C)(C)CCC6(C)C)c3c2oc2ccccc23)cc1. The van der Waals surface area contributed by atoms with Crippen molar-refractivity contribution in [3.8, 4) is 38.4 Å². The number of furan rings is 1. The molecule has 71 heavy (non-hydrogen) atoms. The molecule has 13 rings (SSSR count). The average Bonchev–Trinajstić information content (AvgIpc) is 4.03. The Balaban J connectivity index is 1.20. The number of aromatic nitrogens is 1. The Morgan fingerprint density at radius 3 is 1.92 bits per heavy atom. The van der Waals surface area contributed by atoms with Gasteiger partial charge in [0, 0.05) is 70.3 Å². The van der Waals surface area contributed by atoms with Crippen LogP contribution in [0, 0.1) is 0 Å². The third kappa shape index (κ3) is 6.82. The van der Waals surface area contributed by atoms with Crippen molar-refractivity contribution in [1.82, 2.24) is 4.57 Å². The monoisotopic (exact) mass is 940 g/mol. The van der Waals surface area contributed by atoms with E-state index in [1.54, 1.807) is 0 Å². The van der Waals surface area contributed by atoms with Gasteiger partial charge in [-0.25, -0.2) is 0 Å². The molecule has 0 atom stereocenters. The quantitative estimate of drug-likeness (QED) is 0.174. The van der Waals surface area contributed by atoms with E-state index in [1.165, 1.54) is 103 Å². The lowest BCUT2D eigenvalue weighted by molar-refractivity contribution is 0.332. The standard InChI is InChI=1S/C66H61BN2OS/c1-63(2,3)40-25-28-42(29-26-40)68-50-30-27-41(64(4,5)6)33-44(50)58-59-60-56(57-43-23-17-18-24-53(43)70-61(57)58)45-34-47-48(66(9,10)32-31-65(47,7)8)36-51(45)69(60)52-35-46-54(37-49(52)67-59)71-62(39-21-15-12-16-22-39)55(46)38-19-13-11-14-20-38/h11-30,33-37,67-68H,31-32H2,1-10H3. The third-order valence-corrected chi connectivity index (χ3v) is 17.6. The van der Waals surface area contributed by atoms with E-state index in [4.69, 9.17) is 4.42 Å². The molecule has 350 valence electrons. The van der Waals surface area contributed by atoms with Gasteiger partial charge in [0.1, 0.15) is 11.2 Å². The topological polar surface area (TPSA) is 30.1 Å². The molecule has 1 aliphatic heterocycles. The number of para-hydroxylation sites is 1. The molecule has 0 saturated heterocycles. The molecule has 4 heterocycles. The molecule has 0 spiro atoms. The Kier molecular flexibility index (Phi) is 9.54. The van der Waals surface area contributed by atoms with Crippen LogP contribution in [-0.4, -0.2) is 11.8 Å². The number of fused-ring (bicyclic) bond motifs is 11. The number of thiophene rings is 1. The highest BCUT2D eigenvalue weighted by Gasteiger charge is 2.40. The lowest BCUT2D eigenvalue weighted by Crippen LogP contribution is -2.37. The van der Waals surface area contributed by atoms with Gasteiger partial charge in [-0.2, -0.15) is 0 Å². The normalized spacial score (nSPS) is 15.1. The Bertz CT molecular complexity index is 3980. The van der Waals surface area contributed by atoms with E-state index in [-0.39, 0.29) is 21.7 Å². The fraction of sp³-hybridized carbons (Fsp3) is 0.242. The molecule has 3 nitrogen and oxygen atoms in total. The fourth-order valence-electron chi connectivity index (χ4n) is 12.3. The zero-order valence-corrected chi connectivity index (χ0v) is 43.6. The van der Waals surface area contributed by atoms with Crippen molar-refractivity contribution >= 4 is 94.7 Å². The van der Waals surface area contributed by atoms with E-state index < -0.39 is 0 Å². The van der Waals surface area contributed by atoms with Gasteiger partial charge in [-0.1, -0.05) is 172 Å². The van der Waals surface area contributed by atoms with Gasteiger partial charge in [0.15, 0.2) is 7.28 Å². The molecule has 0 unspecified atom stereocenters. The molecule has 2 aliphatic rings. The summed E-state index contributed by atoms with van der Waals surface area (Å²) in [7, 11) is 0.760. The highest BCUT2D eigenvalue weighted by Crippen LogP contribution is 2.53. The summed E-state index contributed by atoms with van der Waals surface area (Å²) >= 11 is 1.92. The molecule has 0 radical (unpaired) electrons. The first-order valence-corrected chi connectivity index (χ1v) is 26.5. The van der Waals surface area contributed by atoms with Gasteiger partial charge >= 0.3 is 0 Å². The summed E-state index contributed by atoms with van der Waals surface area (Å²) in [4.78, 5) is 1.31. The van der Waals surface area contributed by atoms with Crippen LogP contribution in [0.2, 0.25) is 0 Å². The van der Waals surface area contributed by atoms with E-state index in [0.717, 1.165) is 53.6 Å². The van der Waals surface area contributed by atoms with Crippen LogP contribution in [0.4, 0.5) is 11.4 Å². The minimum Gasteiger partial charge on any atom is -0.455 e. The van der Waals surface area contributed by atoms with Crippen molar-refractivity contribution in [2.24, 2.45) is 0 Å². The molecular weight excluding hydrogens is 880 g/mol. The van der Waals surface area contributed by atoms with Crippen molar-refractivity contribution in [2.75, 3.05) is 5.32 Å². The van der Waals surface area contributed by atoms with E-state index in [1.807, 2.05) is 11.3 Å². The molecule has 3 aromatic heterocycles. The first kappa shape index (κ1) is 44.1. The highest BCUT2D eigenvalue weighted by atomic mass is 32.1. The van der Waals surface area contributed by atoms with Crippen LogP contribution in [0.1, 0.15) is 104 Å². The summed E-state index contributed by atoms with van der Waals surface area (Å²) in [5, 5.41) is 10.2. The Hall–Kier alpha value is -6.82. The second-order valence-electron chi connectivity index (χ2n) is 24.1. The first-order valence-electron chi connectivity index (χ1n) is 25.7. The molecule has 0 fully saturated rings. The summed E-state index contributed by atoms with van der Waals surface area (Å²) in [5.74, 6) is 0. The van der Waals surface area contributed by atoms with Crippen LogP contribution in [0.25, 0.3) is 92.2 Å². The fourth-order valence-corrected chi connectivity index (χ4v) is 13.5. The van der Waals surface area contributed by atoms with Gasteiger partial charge < -0.3 is 14.3 Å². The van der Waals surface area contributed by atoms with Gasteiger partial charge in [-0.3, -0.25) is 0 Å². The number of hydrogen-bond donors (Lipinski definition) is 1. The highest BCUT2D eigenvalue weighted by molar-refractivity contribution is 7.23. The minimum atomic E-state index is -0.0894. The first-order chi connectivity index (χ1) is 33.9. The summed E-state index contributed by atoms with van der Waals surface area (Å²) < 4.78 is 11.4. The van der Waals surface area contributed by atoms with Crippen LogP contribution in [-0.2, 0) is 21.7 Å². The molecular formula is C66H61BN2OS. The predicted octanol–water partition coefficient (Wildman–Crippen LogP) is 17.3. The van der Waals surface area contributed by atoms with Crippen molar-refractivity contribution in [1.29, 1.82) is 0 Å². The maximum Gasteiger partial charge on any atom is 0.198 e. The summed E-state index contributed by atoms with van der Waals surface area (Å²) in [6.45, 7) is 23.7. The van der Waals surface area contributed by atoms with E-state index >= 15 is 0 Å². The van der Waals surface area contributed by atoms with Gasteiger partial charge in [0.2, 0.25) is 0 Å². The zero-order valence-electron chi connectivity index (χ0n) is 42.8. The lowest BCUT2D eigenvalue weighted by Gasteiger charge is -2.42. The molecule has 1 aliphatic carbocycles. The third-order valence-electron chi connectivity index (χ3n) is 16.4. The second kappa shape index (κ2) is 15.3. The zero-order chi connectivity index (χ0) is 48.9. The minimum absolute atomic E-state index is 0.0281. The molecule has 8 aromatic carbocycles. The van der Waals surface area contributed by atoms with Crippen LogP contribution in [0.3, 0.4) is 0 Å². The van der Waals surface area contributed by atoms with Gasteiger partial charge in [-0.15, -0.1) is 11.3 Å². The van der Waals surface area contributed by atoms with Crippen molar-refractivity contribution < 1.29 is 4.42 Å². The predicted molar refractivity (Wildman–Crippen MR) is 309 cm³/mol. The lowest BCUT2D eigenvalue weighted by atomic mass is 9.58. The molecule has 5 heteroatoms. The second-order valence-corrected chi connectivity index (χ2v) is 25.1. The maximum atomic E-state index is 7.38. The van der Waals surface area contributed by atoms with E-state index in [9.17, 15) is 0 Å². The van der Waals surface area contributed by atoms with Gasteiger partial charge in [0.05, 0.1) is 11.0 Å². The number of nitrogens with one attached hydrogen (secondary N) is 1. The van der Waals surface area contributed by atoms with Gasteiger partial charge in [0.25, 0.3) is 0 Å². The van der Waals surface area contributed by atoms with E-state index in [2.05, 4.69) is 231 Å². The van der Waals surface area contributed by atoms with Crippen LogP contribution < -0.4 is 16.2 Å². The molecule has 11 aromatic rings. The average molecular weight is 941 g/mol. The summed E-state index contributed by atoms with van der Waals surface area (Å²) in [5.41, 5.74) is 22.2. The Morgan fingerprint density at radius 1 is 0.592 bits per heavy atom. The number of benzene rings is 8. The summed E-state index contributed by atoms with van der Waals surface area (Å²) in [6, 6.07) is 57.2. The van der Waals surface area contributed by atoms with Crippen molar-refractivity contribution in [3.05, 3.63) is 174 Å². The molecule has 0 saturated carbocycles. The molecule has 0 amide bonds. The number of nitrogens with zero attached hydrogens (tertiary/aromatic N) is 1. The van der Waals surface area contributed by atoms with Crippen LogP contribution in [0.15, 0.2) is 156 Å². The Labute approximate surface area is 422 Å². The van der Waals surface area contributed by atoms with Crippen LogP contribution in [0.5, 0.6) is 0 Å². The largest absolute Gasteiger partial charge is 0.455 e. The maximum absolute atomic E-state index is 7.38. The van der Waals surface area contributed by atoms with Gasteiger partial charge in [-0.05, 0) is 128 Å². The number of hydrogen-bond acceptors (Lipinski definition) is 3. The number of rotatable bonds is 5. The molecule has 1 N–H and O–H groups in total. The Morgan fingerprint density at radius 2 is 1.23 bits per heavy atom.